The van der Waals surface area contributed by atoms with E-state index in [1.165, 1.54) is 68.1 Å². The summed E-state index contributed by atoms with van der Waals surface area (Å²) in [6, 6.07) is 0. The Morgan fingerprint density at radius 1 is 0.441 bits per heavy atom. The van der Waals surface area contributed by atoms with Crippen LogP contribution in [0.15, 0.2) is 163 Å². The van der Waals surface area contributed by atoms with Gasteiger partial charge in [-0.1, -0.05) is 115 Å². The molecule has 20 rings (SSSR count). The molecule has 9 fully saturated rings. The first-order valence-electron chi connectivity index (χ1n) is 44.7. The van der Waals surface area contributed by atoms with Gasteiger partial charge < -0.3 is 86.4 Å². The summed E-state index contributed by atoms with van der Waals surface area (Å²) in [5.41, 5.74) is 8.82. The number of rotatable bonds is 10. The van der Waals surface area contributed by atoms with Crippen molar-refractivity contribution in [2.75, 3.05) is 0 Å². The molecule has 1 spiro atoms. The minimum Gasteiger partial charge on any atom is -0.458 e. The highest BCUT2D eigenvalue weighted by Gasteiger charge is 2.68. The van der Waals surface area contributed by atoms with E-state index in [1.807, 2.05) is 39.8 Å². The van der Waals surface area contributed by atoms with Crippen LogP contribution in [0, 0.1) is 74.9 Å². The minimum absolute atomic E-state index is 0. The number of hydrogen-bond donors (Lipinski definition) is 3. The number of ether oxygens (including phenoxy) is 15. The van der Waals surface area contributed by atoms with E-state index in [4.69, 9.17) is 71.1 Å². The first-order valence-corrected chi connectivity index (χ1v) is 44.7. The number of cyclic esters (lactones) is 5. The fourth-order valence-electron chi connectivity index (χ4n) is 22.7. The maximum absolute atomic E-state index is 12.6. The normalized spacial score (nSPS) is 38.1. The number of fused-ring (bicyclic) bond motifs is 11. The molecule has 21 atom stereocenters. The molecular formula is C99H124O28. The molecule has 0 aromatic heterocycles. The highest BCUT2D eigenvalue weighted by atomic mass is 16.7. The minimum atomic E-state index is -1.14. The van der Waals surface area contributed by atoms with E-state index in [0.29, 0.717) is 74.3 Å². The van der Waals surface area contributed by atoms with Crippen molar-refractivity contribution in [1.82, 2.24) is 0 Å². The number of aliphatic hydroxyl groups excluding tert-OH is 2. The first-order chi connectivity index (χ1) is 59.4. The molecule has 4 saturated carbocycles. The molecule has 3 N–H and O–H groups in total. The molecule has 688 valence electrons. The first kappa shape index (κ1) is 93.1. The molecule has 20 aliphatic rings. The van der Waals surface area contributed by atoms with Crippen LogP contribution in [0.3, 0.4) is 0 Å². The van der Waals surface area contributed by atoms with Crippen molar-refractivity contribution in [1.29, 1.82) is 0 Å². The molecule has 0 aromatic rings. The summed E-state index contributed by atoms with van der Waals surface area (Å²) in [6.45, 7) is 34.0. The average Bonchev–Trinajstić information content (AvgIpc) is 1.54. The highest BCUT2D eigenvalue weighted by molar-refractivity contribution is 5.96. The lowest BCUT2D eigenvalue weighted by molar-refractivity contribution is -0.198. The van der Waals surface area contributed by atoms with Crippen LogP contribution in [-0.2, 0) is 119 Å². The van der Waals surface area contributed by atoms with Crippen molar-refractivity contribution in [2.45, 2.75) is 314 Å². The van der Waals surface area contributed by atoms with Gasteiger partial charge in [-0.25, -0.2) is 47.9 Å². The van der Waals surface area contributed by atoms with Crippen molar-refractivity contribution in [3.8, 4) is 0 Å². The SMILES string of the molecule is C.CC(C)C.CC1=CC(O/C=C2/C(=O)OC3C2C=C2CCCC(C)(C)C23O)OC1=O.CC1=CC(O/C=C2/C(=O)OC3C2CC2CCCC(C)(C)C23)OC1=O.CC1=CC(O/C=C2/C(=O)OC3C4=C(CC23)C(O)CCC4(C)C)OC1=O.CC1=CC(O/C=C2/C(=O)OC3C4=C(CCCC4C)CC23)OC1=O.CC1=CC(O/C=C2/C(=O)O[C@]34C(=C[C@H]2[C@H]3O)CCCC4(C)C)OC1=O. The Balaban J connectivity index is 0.000000127. The Morgan fingerprint density at radius 2 is 0.874 bits per heavy atom. The summed E-state index contributed by atoms with van der Waals surface area (Å²) < 4.78 is 80.9. The fourth-order valence-corrected chi connectivity index (χ4v) is 22.7. The van der Waals surface area contributed by atoms with E-state index >= 15 is 0 Å². The predicted octanol–water partition coefficient (Wildman–Crippen LogP) is 14.6. The maximum Gasteiger partial charge on any atom is 0.338 e. The number of hydrogen-bond acceptors (Lipinski definition) is 28. The van der Waals surface area contributed by atoms with Gasteiger partial charge in [-0.05, 0) is 194 Å². The zero-order valence-electron chi connectivity index (χ0n) is 75.0. The van der Waals surface area contributed by atoms with Crippen molar-refractivity contribution in [3.05, 3.63) is 163 Å². The Labute approximate surface area is 741 Å². The molecule has 2 bridgehead atoms. The van der Waals surface area contributed by atoms with Gasteiger partial charge in [0.2, 0.25) is 0 Å². The average molecular weight is 1760 g/mol. The summed E-state index contributed by atoms with van der Waals surface area (Å²) in [6.07, 6.45) is 28.9. The largest absolute Gasteiger partial charge is 0.458 e. The third kappa shape index (κ3) is 17.3. The second-order valence-electron chi connectivity index (χ2n) is 40.3. The summed E-state index contributed by atoms with van der Waals surface area (Å²) in [4.78, 5) is 119. The number of aliphatic hydroxyl groups is 3. The molecule has 10 aliphatic carbocycles. The molecule has 5 saturated heterocycles. The van der Waals surface area contributed by atoms with Crippen molar-refractivity contribution < 1.29 is 134 Å². The number of carbonyl (C=O) groups is 10. The van der Waals surface area contributed by atoms with Gasteiger partial charge in [0.25, 0.3) is 31.5 Å². The van der Waals surface area contributed by atoms with Gasteiger partial charge in [0.15, 0.2) is 5.60 Å². The zero-order valence-corrected chi connectivity index (χ0v) is 75.0. The predicted molar refractivity (Wildman–Crippen MR) is 454 cm³/mol. The van der Waals surface area contributed by atoms with Crippen LogP contribution in [0.5, 0.6) is 0 Å². The maximum atomic E-state index is 12.6. The molecule has 10 heterocycles. The molecule has 127 heavy (non-hydrogen) atoms. The van der Waals surface area contributed by atoms with E-state index in [9.17, 15) is 63.3 Å². The molecular weight excluding hydrogens is 1640 g/mol. The fraction of sp³-hybridized carbons (Fsp3) is 0.616. The second kappa shape index (κ2) is 35.4. The molecule has 18 unspecified atom stereocenters. The van der Waals surface area contributed by atoms with Gasteiger partial charge in [0.05, 0.1) is 71.2 Å². The van der Waals surface area contributed by atoms with Gasteiger partial charge in [-0.15, -0.1) is 0 Å². The summed E-state index contributed by atoms with van der Waals surface area (Å²) in [5.74, 6) is -2.45. The lowest BCUT2D eigenvalue weighted by Crippen LogP contribution is -2.61. The molecule has 10 aliphatic heterocycles. The Hall–Kier alpha value is -10.1. The quantitative estimate of drug-likeness (QED) is 0.0601. The van der Waals surface area contributed by atoms with E-state index in [0.717, 1.165) is 105 Å². The van der Waals surface area contributed by atoms with E-state index in [1.54, 1.807) is 65.0 Å². The summed E-state index contributed by atoms with van der Waals surface area (Å²) >= 11 is 0. The van der Waals surface area contributed by atoms with E-state index < -0.39 is 103 Å². The van der Waals surface area contributed by atoms with Crippen LogP contribution in [0.25, 0.3) is 0 Å². The van der Waals surface area contributed by atoms with Crippen LogP contribution in [0.1, 0.15) is 234 Å². The number of allylic oxidation sites excluding steroid dienone is 1. The number of carbonyl (C=O) groups excluding carboxylic acids is 10. The molecule has 0 radical (unpaired) electrons. The Bertz CT molecular complexity index is 5000. The lowest BCUT2D eigenvalue weighted by atomic mass is 9.61. The standard InChI is InChI=1S/3C19H22O6.C19H24O5.C18H20O5.C4H10.CH4/c1-9-6-14(24-17(9)21)23-8-12-10-7-11-13(20)4-5-19(2,3)15(11)16(10)25-18(12)22;1-10-7-14(24-16(10)20)23-9-13-12-8-11-5-4-6-18(2,3)19(11,22)15(12)25-17(13)21;1-10-7-14(24-16(10)21)23-9-13-12-8-11-5-4-6-18(2,3)19(11,15(12)20)25-17(13)22;1-10-7-14(23-17(10)20)22-9-13-12-8-11-5-4-6-19(2,3)15(11)16(12)24-18(13)21;1-9-4-3-5-11-7-12-13(18(20)23-16(12)15(9)11)8-21-14-6-10(2)17(19)22-14;1-4(2)3;/h6,8,10,13-14,16,20H,4-5,7H2,1-3H3;7-9,12,14-15,22H,4-6H2,1-3H3;7-9,12,14-15,20H,4-6H2,1-3H3;7,9,11-12,14-16H,4-6,8H2,1-3H3;6,8-9,12,14,16H,3-5,7H2,1-2H3;4H,1-3H3;1H4/b12-8+;3*13-9+;13-8+;;/t;;12-,14?,15-,19-;;;;/m..1..../s1. The van der Waals surface area contributed by atoms with Gasteiger partial charge in [-0.3, -0.25) is 0 Å². The van der Waals surface area contributed by atoms with Crippen LogP contribution in [-0.4, -0.2) is 154 Å². The van der Waals surface area contributed by atoms with Gasteiger partial charge in [0.1, 0.15) is 36.1 Å². The van der Waals surface area contributed by atoms with Gasteiger partial charge in [0, 0.05) is 98.7 Å². The van der Waals surface area contributed by atoms with Crippen molar-refractivity contribution in [3.63, 3.8) is 0 Å². The van der Waals surface area contributed by atoms with Crippen LogP contribution in [0.2, 0.25) is 0 Å². The van der Waals surface area contributed by atoms with Gasteiger partial charge >= 0.3 is 59.7 Å². The summed E-state index contributed by atoms with van der Waals surface area (Å²) in [7, 11) is 0. The lowest BCUT2D eigenvalue weighted by Gasteiger charge is -2.52. The second-order valence-corrected chi connectivity index (χ2v) is 40.3. The van der Waals surface area contributed by atoms with Crippen LogP contribution < -0.4 is 0 Å². The van der Waals surface area contributed by atoms with Gasteiger partial charge in [-0.2, -0.15) is 0 Å². The van der Waals surface area contributed by atoms with Crippen LogP contribution >= 0.6 is 0 Å². The summed E-state index contributed by atoms with van der Waals surface area (Å²) in [5, 5.41) is 32.7. The molecule has 0 aromatic carbocycles. The molecule has 0 amide bonds. The van der Waals surface area contributed by atoms with Crippen LogP contribution in [0.4, 0.5) is 0 Å². The molecule has 28 nitrogen and oxygen atoms in total. The Morgan fingerprint density at radius 3 is 1.37 bits per heavy atom. The monoisotopic (exact) mass is 1760 g/mol. The number of esters is 10. The third-order valence-corrected chi connectivity index (χ3v) is 29.3. The van der Waals surface area contributed by atoms with E-state index in [2.05, 4.69) is 55.4 Å². The van der Waals surface area contributed by atoms with Crippen molar-refractivity contribution in [2.24, 2.45) is 74.9 Å². The Kier molecular flexibility index (Phi) is 26.0. The smallest absolute Gasteiger partial charge is 0.338 e. The molecule has 28 heteroatoms. The third-order valence-electron chi connectivity index (χ3n) is 29.3. The highest BCUT2D eigenvalue weighted by Crippen LogP contribution is 2.63. The van der Waals surface area contributed by atoms with E-state index in [-0.39, 0.29) is 101 Å². The zero-order chi connectivity index (χ0) is 90.7. The topological polar surface area (TPSA) is 370 Å². The van der Waals surface area contributed by atoms with Crippen molar-refractivity contribution >= 4 is 59.7 Å².